The summed E-state index contributed by atoms with van der Waals surface area (Å²) in [6.45, 7) is 7.14. The van der Waals surface area contributed by atoms with Crippen LogP contribution in [0.2, 0.25) is 0 Å². The van der Waals surface area contributed by atoms with E-state index in [2.05, 4.69) is 10.2 Å². The number of imide groups is 2. The third kappa shape index (κ3) is 4.61. The first-order valence-electron chi connectivity index (χ1n) is 14.0. The molecule has 2 fully saturated rings. The Balaban J connectivity index is 1.54. The molecule has 2 unspecified atom stereocenters. The molecule has 2 aromatic rings. The summed E-state index contributed by atoms with van der Waals surface area (Å²) < 4.78 is 37.8. The maximum Gasteiger partial charge on any atom is 0.334 e. The number of anilines is 1. The average molecular weight is 630 g/mol. The van der Waals surface area contributed by atoms with Crippen molar-refractivity contribution < 1.29 is 27.9 Å². The maximum absolute atomic E-state index is 16.1. The first-order valence-corrected chi connectivity index (χ1v) is 15.3. The van der Waals surface area contributed by atoms with E-state index in [0.29, 0.717) is 17.0 Å². The highest BCUT2D eigenvalue weighted by atomic mass is 35.5. The Morgan fingerprint density at radius 3 is 2.51 bits per heavy atom. The summed E-state index contributed by atoms with van der Waals surface area (Å²) in [5.74, 6) is -3.71. The van der Waals surface area contributed by atoms with E-state index in [1.165, 1.54) is 6.07 Å². The molecule has 3 aliphatic heterocycles. The normalized spacial score (nSPS) is 27.3. The number of ether oxygens (including phenoxy) is 1. The van der Waals surface area contributed by atoms with Crippen LogP contribution in [-0.2, 0) is 20.7 Å². The minimum Gasteiger partial charge on any atom is -0.372 e. The van der Waals surface area contributed by atoms with Gasteiger partial charge < -0.3 is 9.64 Å². The molecular formula is C30H30ClF2N5O4S. The summed E-state index contributed by atoms with van der Waals surface area (Å²) in [5.41, 5.74) is -0.0495. The van der Waals surface area contributed by atoms with Crippen LogP contribution >= 0.6 is 22.9 Å². The van der Waals surface area contributed by atoms with Crippen molar-refractivity contribution >= 4 is 46.5 Å². The molecule has 4 atom stereocenters. The van der Waals surface area contributed by atoms with E-state index in [9.17, 15) is 14.4 Å². The van der Waals surface area contributed by atoms with Gasteiger partial charge in [-0.1, -0.05) is 41.2 Å². The molecule has 1 aromatic carbocycles. The average Bonchev–Trinajstić information content (AvgIpc) is 3.28. The van der Waals surface area contributed by atoms with E-state index in [0.717, 1.165) is 26.7 Å². The van der Waals surface area contributed by atoms with Crippen molar-refractivity contribution in [3.8, 4) is 10.6 Å². The molecule has 9 nitrogen and oxygen atoms in total. The number of halogens is 3. The van der Waals surface area contributed by atoms with Gasteiger partial charge in [0.1, 0.15) is 11.0 Å². The number of hydrogen-bond acceptors (Lipinski definition) is 8. The number of alkyl halides is 1. The summed E-state index contributed by atoms with van der Waals surface area (Å²) in [7, 11) is 0. The summed E-state index contributed by atoms with van der Waals surface area (Å²) in [4.78, 5) is 46.1. The highest BCUT2D eigenvalue weighted by Gasteiger charge is 2.67. The van der Waals surface area contributed by atoms with Crippen molar-refractivity contribution in [1.82, 2.24) is 20.0 Å². The Kier molecular flexibility index (Phi) is 7.50. The van der Waals surface area contributed by atoms with Crippen molar-refractivity contribution in [2.24, 2.45) is 5.41 Å². The summed E-state index contributed by atoms with van der Waals surface area (Å²) >= 11 is 7.30. The van der Waals surface area contributed by atoms with E-state index in [1.807, 2.05) is 31.2 Å². The van der Waals surface area contributed by atoms with Crippen LogP contribution in [0.25, 0.3) is 10.6 Å². The van der Waals surface area contributed by atoms with Crippen LogP contribution in [0.15, 0.2) is 41.5 Å². The first-order chi connectivity index (χ1) is 20.5. The van der Waals surface area contributed by atoms with E-state index < -0.39 is 59.1 Å². The van der Waals surface area contributed by atoms with Gasteiger partial charge in [-0.25, -0.2) is 18.5 Å². The fraction of sp³-hybridized carbons (Fsp3) is 0.433. The molecule has 43 heavy (non-hydrogen) atoms. The highest BCUT2D eigenvalue weighted by molar-refractivity contribution is 7.14. The van der Waals surface area contributed by atoms with Crippen LogP contribution in [0.1, 0.15) is 37.8 Å². The zero-order valence-electron chi connectivity index (χ0n) is 24.1. The number of benzene rings is 1. The number of carbonyl (C=O) groups is 3. The smallest absolute Gasteiger partial charge is 0.334 e. The molecule has 2 saturated heterocycles. The lowest BCUT2D eigenvalue weighted by molar-refractivity contribution is -0.167. The first kappa shape index (κ1) is 29.6. The second-order valence-electron chi connectivity index (χ2n) is 11.4. The van der Waals surface area contributed by atoms with Crippen molar-refractivity contribution in [1.29, 1.82) is 0 Å². The van der Waals surface area contributed by atoms with Gasteiger partial charge in [-0.15, -0.1) is 21.8 Å². The van der Waals surface area contributed by atoms with Crippen molar-refractivity contribution in [2.75, 3.05) is 24.0 Å². The number of barbiturate groups is 1. The Hall–Kier alpha value is -3.48. The molecule has 13 heteroatoms. The number of urea groups is 1. The van der Waals surface area contributed by atoms with Gasteiger partial charge >= 0.3 is 6.03 Å². The number of fused-ring (bicyclic) bond motifs is 4. The lowest BCUT2D eigenvalue weighted by atomic mass is 9.65. The number of aromatic nitrogens is 2. The van der Waals surface area contributed by atoms with Crippen LogP contribution in [0, 0.1) is 24.0 Å². The van der Waals surface area contributed by atoms with E-state index in [-0.39, 0.29) is 41.3 Å². The predicted octanol–water partition coefficient (Wildman–Crippen LogP) is 5.14. The zero-order valence-corrected chi connectivity index (χ0v) is 25.6. The Morgan fingerprint density at radius 2 is 1.81 bits per heavy atom. The lowest BCUT2D eigenvalue weighted by Gasteiger charge is -2.57. The molecule has 4 aliphatic rings. The van der Waals surface area contributed by atoms with Gasteiger partial charge in [-0.05, 0) is 51.3 Å². The molecule has 0 saturated carbocycles. The fourth-order valence-electron chi connectivity index (χ4n) is 6.72. The molecule has 6 rings (SSSR count). The van der Waals surface area contributed by atoms with Gasteiger partial charge in [-0.2, -0.15) is 0 Å². The molecule has 4 heterocycles. The lowest BCUT2D eigenvalue weighted by Crippen LogP contribution is -2.76. The summed E-state index contributed by atoms with van der Waals surface area (Å²) in [5, 5.41) is 8.68. The molecule has 4 amide bonds. The largest absolute Gasteiger partial charge is 0.372 e. The number of rotatable bonds is 4. The third-order valence-corrected chi connectivity index (χ3v) is 9.63. The van der Waals surface area contributed by atoms with Gasteiger partial charge in [0.15, 0.2) is 22.1 Å². The van der Waals surface area contributed by atoms with Gasteiger partial charge in [-0.3, -0.25) is 14.5 Å². The molecule has 226 valence electrons. The predicted molar refractivity (Wildman–Crippen MR) is 158 cm³/mol. The van der Waals surface area contributed by atoms with Gasteiger partial charge in [0, 0.05) is 13.0 Å². The number of morpholine rings is 1. The summed E-state index contributed by atoms with van der Waals surface area (Å²) in [6, 6.07) is -0.918. The van der Waals surface area contributed by atoms with Crippen LogP contribution in [0.5, 0.6) is 0 Å². The molecule has 1 aliphatic carbocycles. The molecule has 1 spiro atoms. The quantitative estimate of drug-likeness (QED) is 0.263. The number of aryl methyl sites for hydroxylation is 1. The molecule has 0 N–H and O–H groups in total. The van der Waals surface area contributed by atoms with Gasteiger partial charge in [0.05, 0.1) is 36.0 Å². The summed E-state index contributed by atoms with van der Waals surface area (Å²) in [6.07, 6.45) is 6.79. The molecule has 0 bridgehead atoms. The highest BCUT2D eigenvalue weighted by Crippen LogP contribution is 2.51. The van der Waals surface area contributed by atoms with E-state index in [4.69, 9.17) is 16.3 Å². The standard InChI is InChI=1S/C30H30ClF2N5O4S/c1-15-6-5-7-19(9-8-15)13-37-27(39)30(28(40)38(14-31)29(37)41)11-20-10-21(26-35-34-18(4)43-26)22(32)23(33)24(20)36-12-16(2)42-17(3)25(30)36/h6-10,16-17,25H,5,11-14H2,1-4H3/t16-,17?,25-,30?/m0/s1. The zero-order chi connectivity index (χ0) is 30.8. The second-order valence-corrected chi connectivity index (χ2v) is 12.8. The number of allylic oxidation sites excluding steroid dienone is 4. The van der Waals surface area contributed by atoms with Crippen molar-refractivity contribution in [2.45, 2.75) is 58.8 Å². The monoisotopic (exact) mass is 629 g/mol. The minimum atomic E-state index is -1.91. The van der Waals surface area contributed by atoms with Gasteiger partial charge in [0.25, 0.3) is 0 Å². The van der Waals surface area contributed by atoms with E-state index in [1.54, 1.807) is 25.7 Å². The third-order valence-electron chi connectivity index (χ3n) is 8.51. The van der Waals surface area contributed by atoms with Crippen LogP contribution in [-0.4, -0.2) is 75.2 Å². The number of carbonyl (C=O) groups excluding carboxylic acids is 3. The molecule has 1 aromatic heterocycles. The van der Waals surface area contributed by atoms with Crippen LogP contribution in [0.3, 0.4) is 0 Å². The van der Waals surface area contributed by atoms with Crippen molar-refractivity contribution in [3.63, 3.8) is 0 Å². The van der Waals surface area contributed by atoms with Gasteiger partial charge in [0.2, 0.25) is 11.8 Å². The SMILES string of the molecule is CC1=CCC=C(CN2C(=O)N(CCl)C(=O)C3(Cc4cc(-c5nnc(C)s5)c(F)c(F)c4N4C[C@H](C)OC(C)[C@H]43)C2=O)C=C1. The second kappa shape index (κ2) is 10.9. The molecular weight excluding hydrogens is 600 g/mol. The molecule has 0 radical (unpaired) electrons. The maximum atomic E-state index is 16.1. The minimum absolute atomic E-state index is 0.0301. The van der Waals surface area contributed by atoms with Crippen LogP contribution < -0.4 is 4.90 Å². The Morgan fingerprint density at radius 1 is 1.07 bits per heavy atom. The number of amides is 4. The van der Waals surface area contributed by atoms with E-state index >= 15 is 8.78 Å². The Bertz CT molecular complexity index is 1640. The number of hydrogen-bond donors (Lipinski definition) is 0. The van der Waals surface area contributed by atoms with Crippen molar-refractivity contribution in [3.05, 3.63) is 63.7 Å². The number of nitrogens with zero attached hydrogens (tertiary/aromatic N) is 5. The van der Waals surface area contributed by atoms with Crippen LogP contribution in [0.4, 0.5) is 19.3 Å². The fourth-order valence-corrected chi connectivity index (χ4v) is 7.63. The topological polar surface area (TPSA) is 95.9 Å². The Labute approximate surface area is 256 Å².